The van der Waals surface area contributed by atoms with Gasteiger partial charge in [0.25, 0.3) is 0 Å². The lowest BCUT2D eigenvalue weighted by atomic mass is 9.76. The lowest BCUT2D eigenvalue weighted by Crippen LogP contribution is -2.43. The fourth-order valence-corrected chi connectivity index (χ4v) is 5.19. The van der Waals surface area contributed by atoms with E-state index in [-0.39, 0.29) is 11.7 Å². The highest BCUT2D eigenvalue weighted by atomic mass is 32.2. The van der Waals surface area contributed by atoms with Gasteiger partial charge < -0.3 is 9.84 Å². The molecule has 2 heterocycles. The van der Waals surface area contributed by atoms with Crippen molar-refractivity contribution in [3.05, 3.63) is 0 Å². The summed E-state index contributed by atoms with van der Waals surface area (Å²) in [5, 5.41) is 10.0. The van der Waals surface area contributed by atoms with Gasteiger partial charge in [0.05, 0.1) is 11.7 Å². The van der Waals surface area contributed by atoms with Crippen molar-refractivity contribution < 1.29 is 9.84 Å². The second kappa shape index (κ2) is 4.51. The highest BCUT2D eigenvalue weighted by molar-refractivity contribution is 7.99. The zero-order valence-corrected chi connectivity index (χ0v) is 10.7. The minimum atomic E-state index is -0.0193. The van der Waals surface area contributed by atoms with Gasteiger partial charge in [-0.05, 0) is 49.7 Å². The standard InChI is InChI=1S/C13H22O2S/c14-12-3-1-2-11(12)10-4-6-15-13(8-10)5-7-16-9-13/h10-12,14H,1-9H2. The van der Waals surface area contributed by atoms with E-state index in [9.17, 15) is 5.11 Å². The number of hydrogen-bond donors (Lipinski definition) is 1. The Hall–Kier alpha value is 0.270. The van der Waals surface area contributed by atoms with E-state index < -0.39 is 0 Å². The molecule has 0 radical (unpaired) electrons. The fourth-order valence-electron chi connectivity index (χ4n) is 3.81. The van der Waals surface area contributed by atoms with Gasteiger partial charge in [-0.3, -0.25) is 0 Å². The third-order valence-corrected chi connectivity index (χ3v) is 5.96. The van der Waals surface area contributed by atoms with Crippen molar-refractivity contribution in [2.24, 2.45) is 11.8 Å². The maximum absolute atomic E-state index is 10.0. The molecule has 2 saturated heterocycles. The molecular formula is C13H22O2S. The number of rotatable bonds is 1. The van der Waals surface area contributed by atoms with Crippen LogP contribution in [0.25, 0.3) is 0 Å². The molecule has 3 heteroatoms. The van der Waals surface area contributed by atoms with Crippen molar-refractivity contribution in [2.45, 2.75) is 50.2 Å². The van der Waals surface area contributed by atoms with Crippen molar-refractivity contribution in [1.82, 2.24) is 0 Å². The molecule has 1 aliphatic carbocycles. The van der Waals surface area contributed by atoms with Gasteiger partial charge in [-0.15, -0.1) is 0 Å². The lowest BCUT2D eigenvalue weighted by molar-refractivity contribution is -0.0964. The molecule has 4 unspecified atom stereocenters. The van der Waals surface area contributed by atoms with E-state index in [4.69, 9.17) is 4.74 Å². The van der Waals surface area contributed by atoms with Crippen LogP contribution in [0.1, 0.15) is 38.5 Å². The van der Waals surface area contributed by atoms with E-state index in [1.165, 1.54) is 43.6 Å². The summed E-state index contributed by atoms with van der Waals surface area (Å²) in [5.41, 5.74) is 0.190. The summed E-state index contributed by atoms with van der Waals surface area (Å²) >= 11 is 2.04. The fraction of sp³-hybridized carbons (Fsp3) is 1.00. The van der Waals surface area contributed by atoms with Crippen LogP contribution >= 0.6 is 11.8 Å². The van der Waals surface area contributed by atoms with Crippen LogP contribution in [0.3, 0.4) is 0 Å². The van der Waals surface area contributed by atoms with Gasteiger partial charge >= 0.3 is 0 Å². The Balaban J connectivity index is 1.67. The molecule has 1 saturated carbocycles. The van der Waals surface area contributed by atoms with Gasteiger partial charge in [-0.1, -0.05) is 6.42 Å². The topological polar surface area (TPSA) is 29.5 Å². The second-order valence-corrected chi connectivity index (χ2v) is 6.85. The minimum absolute atomic E-state index is 0.0193. The Bertz CT molecular complexity index is 250. The van der Waals surface area contributed by atoms with E-state index in [2.05, 4.69) is 0 Å². The first kappa shape index (κ1) is 11.4. The highest BCUT2D eigenvalue weighted by Gasteiger charge is 2.44. The van der Waals surface area contributed by atoms with Crippen molar-refractivity contribution >= 4 is 11.8 Å². The summed E-state index contributed by atoms with van der Waals surface area (Å²) in [4.78, 5) is 0. The molecule has 0 aromatic rings. The predicted molar refractivity (Wildman–Crippen MR) is 66.7 cm³/mol. The summed E-state index contributed by atoms with van der Waals surface area (Å²) in [6.45, 7) is 0.925. The Morgan fingerprint density at radius 2 is 2.19 bits per heavy atom. The number of thioether (sulfide) groups is 1. The molecule has 92 valence electrons. The summed E-state index contributed by atoms with van der Waals surface area (Å²) in [7, 11) is 0. The first-order valence-electron chi connectivity index (χ1n) is 6.69. The van der Waals surface area contributed by atoms with Crippen LogP contribution in [0.5, 0.6) is 0 Å². The van der Waals surface area contributed by atoms with Crippen LogP contribution in [0, 0.1) is 11.8 Å². The molecule has 0 aromatic heterocycles. The summed E-state index contributed by atoms with van der Waals surface area (Å²) in [5.74, 6) is 3.75. The summed E-state index contributed by atoms with van der Waals surface area (Å²) < 4.78 is 6.05. The van der Waals surface area contributed by atoms with Crippen LogP contribution in [-0.2, 0) is 4.74 Å². The maximum atomic E-state index is 10.0. The van der Waals surface area contributed by atoms with E-state index in [1.54, 1.807) is 0 Å². The first-order chi connectivity index (χ1) is 7.79. The molecule has 1 N–H and O–H groups in total. The van der Waals surface area contributed by atoms with Gasteiger partial charge in [-0.2, -0.15) is 11.8 Å². The first-order valence-corrected chi connectivity index (χ1v) is 7.84. The molecule has 0 bridgehead atoms. The van der Waals surface area contributed by atoms with E-state index in [0.29, 0.717) is 5.92 Å². The Morgan fingerprint density at radius 3 is 2.88 bits per heavy atom. The third kappa shape index (κ3) is 2.02. The van der Waals surface area contributed by atoms with E-state index >= 15 is 0 Å². The Kier molecular flexibility index (Phi) is 3.20. The molecule has 4 atom stereocenters. The van der Waals surface area contributed by atoms with Crippen LogP contribution in [-0.4, -0.2) is 34.9 Å². The number of ether oxygens (including phenoxy) is 1. The smallest absolute Gasteiger partial charge is 0.0783 e. The molecule has 1 spiro atoms. The molecule has 0 aromatic carbocycles. The minimum Gasteiger partial charge on any atom is -0.393 e. The van der Waals surface area contributed by atoms with Gasteiger partial charge in [0.15, 0.2) is 0 Å². The van der Waals surface area contributed by atoms with Gasteiger partial charge in [0.2, 0.25) is 0 Å². The average Bonchev–Trinajstić information content (AvgIpc) is 2.88. The zero-order chi connectivity index (χ0) is 11.0. The molecule has 2 aliphatic heterocycles. The Morgan fingerprint density at radius 1 is 1.25 bits per heavy atom. The molecule has 3 rings (SSSR count). The van der Waals surface area contributed by atoms with Crippen molar-refractivity contribution in [3.8, 4) is 0 Å². The van der Waals surface area contributed by atoms with E-state index in [0.717, 1.165) is 18.9 Å². The maximum Gasteiger partial charge on any atom is 0.0783 e. The number of hydrogen-bond acceptors (Lipinski definition) is 3. The molecule has 0 amide bonds. The SMILES string of the molecule is OC1CCCC1C1CCOC2(CCSC2)C1. The largest absolute Gasteiger partial charge is 0.393 e. The zero-order valence-electron chi connectivity index (χ0n) is 9.86. The van der Waals surface area contributed by atoms with Gasteiger partial charge in [0, 0.05) is 12.4 Å². The second-order valence-electron chi connectivity index (χ2n) is 5.75. The van der Waals surface area contributed by atoms with E-state index in [1.807, 2.05) is 11.8 Å². The van der Waals surface area contributed by atoms with Crippen molar-refractivity contribution in [2.75, 3.05) is 18.1 Å². The molecule has 2 nitrogen and oxygen atoms in total. The molecular weight excluding hydrogens is 220 g/mol. The molecule has 3 aliphatic rings. The third-order valence-electron chi connectivity index (χ3n) is 4.74. The summed E-state index contributed by atoms with van der Waals surface area (Å²) in [6.07, 6.45) is 7.10. The van der Waals surface area contributed by atoms with Crippen LogP contribution in [0.4, 0.5) is 0 Å². The van der Waals surface area contributed by atoms with Crippen LogP contribution < -0.4 is 0 Å². The molecule has 3 fully saturated rings. The summed E-state index contributed by atoms with van der Waals surface area (Å²) in [6, 6.07) is 0. The lowest BCUT2D eigenvalue weighted by Gasteiger charge is -2.40. The van der Waals surface area contributed by atoms with Crippen molar-refractivity contribution in [1.29, 1.82) is 0 Å². The van der Waals surface area contributed by atoms with Crippen LogP contribution in [0.2, 0.25) is 0 Å². The quantitative estimate of drug-likeness (QED) is 0.766. The monoisotopic (exact) mass is 242 g/mol. The average molecular weight is 242 g/mol. The van der Waals surface area contributed by atoms with Crippen LogP contribution in [0.15, 0.2) is 0 Å². The predicted octanol–water partition coefficient (Wildman–Crippen LogP) is 2.45. The highest BCUT2D eigenvalue weighted by Crippen LogP contribution is 2.45. The van der Waals surface area contributed by atoms with Gasteiger partial charge in [-0.25, -0.2) is 0 Å². The number of aliphatic hydroxyl groups is 1. The molecule has 16 heavy (non-hydrogen) atoms. The van der Waals surface area contributed by atoms with Gasteiger partial charge in [0.1, 0.15) is 0 Å². The normalized spacial score (nSPS) is 48.9. The van der Waals surface area contributed by atoms with Crippen molar-refractivity contribution in [3.63, 3.8) is 0 Å². The number of aliphatic hydroxyl groups excluding tert-OH is 1. The Labute approximate surface area is 102 Å².